The third-order valence-corrected chi connectivity index (χ3v) is 4.62. The zero-order valence-corrected chi connectivity index (χ0v) is 17.4. The first kappa shape index (κ1) is 25.5. The van der Waals surface area contributed by atoms with Crippen LogP contribution < -0.4 is 0 Å². The summed E-state index contributed by atoms with van der Waals surface area (Å²) in [5, 5.41) is 0. The van der Waals surface area contributed by atoms with E-state index >= 15 is 0 Å². The zero-order valence-electron chi connectivity index (χ0n) is 17.4. The molecule has 0 aliphatic carbocycles. The number of carbonyl (C=O) groups excluding carboxylic acids is 1. The van der Waals surface area contributed by atoms with Crippen molar-refractivity contribution in [3.05, 3.63) is 0 Å². The number of hydrogen-bond donors (Lipinski definition) is 0. The number of rotatable bonds is 21. The molecule has 0 N–H and O–H groups in total. The van der Waals surface area contributed by atoms with Gasteiger partial charge in [-0.05, 0) is 6.42 Å². The second-order valence-corrected chi connectivity index (χ2v) is 6.96. The Morgan fingerprint density at radius 3 is 1.62 bits per heavy atom. The second-order valence-electron chi connectivity index (χ2n) is 6.96. The SMILES string of the molecule is CCCCCCCCCCCCCC[C@H](OCOC)[C@H](C=O)OCOC. The first-order chi connectivity index (χ1) is 12.8. The highest BCUT2D eigenvalue weighted by molar-refractivity contribution is 5.57. The monoisotopic (exact) mass is 374 g/mol. The number of carbonyl (C=O) groups is 1. The fraction of sp³-hybridized carbons (Fsp3) is 0.952. The Bertz CT molecular complexity index is 286. The minimum Gasteiger partial charge on any atom is -0.359 e. The lowest BCUT2D eigenvalue weighted by Gasteiger charge is -2.23. The maximum atomic E-state index is 11.2. The van der Waals surface area contributed by atoms with Crippen molar-refractivity contribution in [1.82, 2.24) is 0 Å². The molecule has 5 heteroatoms. The molecule has 0 rings (SSSR count). The molecule has 0 spiro atoms. The zero-order chi connectivity index (χ0) is 19.3. The van der Waals surface area contributed by atoms with Crippen LogP contribution in [0.5, 0.6) is 0 Å². The topological polar surface area (TPSA) is 54.0 Å². The molecule has 0 aliphatic heterocycles. The lowest BCUT2D eigenvalue weighted by molar-refractivity contribution is -0.163. The van der Waals surface area contributed by atoms with Crippen LogP contribution in [-0.4, -0.2) is 46.3 Å². The van der Waals surface area contributed by atoms with Gasteiger partial charge in [-0.2, -0.15) is 0 Å². The van der Waals surface area contributed by atoms with Crippen LogP contribution in [-0.2, 0) is 23.7 Å². The minimum atomic E-state index is -0.599. The molecule has 0 saturated carbocycles. The normalized spacial score (nSPS) is 13.7. The number of ether oxygens (including phenoxy) is 4. The molecule has 0 aromatic heterocycles. The predicted octanol–water partition coefficient (Wildman–Crippen LogP) is 5.25. The summed E-state index contributed by atoms with van der Waals surface area (Å²) >= 11 is 0. The van der Waals surface area contributed by atoms with E-state index in [0.717, 1.165) is 19.1 Å². The molecule has 2 atom stereocenters. The van der Waals surface area contributed by atoms with Crippen molar-refractivity contribution in [3.63, 3.8) is 0 Å². The molecule has 0 heterocycles. The van der Waals surface area contributed by atoms with Crippen LogP contribution in [0.25, 0.3) is 0 Å². The van der Waals surface area contributed by atoms with Crippen molar-refractivity contribution in [2.75, 3.05) is 27.8 Å². The summed E-state index contributed by atoms with van der Waals surface area (Å²) < 4.78 is 20.8. The van der Waals surface area contributed by atoms with Crippen molar-refractivity contribution in [3.8, 4) is 0 Å². The Morgan fingerprint density at radius 2 is 1.15 bits per heavy atom. The first-order valence-corrected chi connectivity index (χ1v) is 10.5. The number of methoxy groups -OCH3 is 2. The van der Waals surface area contributed by atoms with Crippen LogP contribution in [0.1, 0.15) is 90.4 Å². The summed E-state index contributed by atoms with van der Waals surface area (Å²) in [6.45, 7) is 2.52. The molecule has 0 amide bonds. The molecule has 0 unspecified atom stereocenters. The van der Waals surface area contributed by atoms with Gasteiger partial charge < -0.3 is 23.7 Å². The molecule has 0 radical (unpaired) electrons. The third kappa shape index (κ3) is 15.7. The average molecular weight is 375 g/mol. The third-order valence-electron chi connectivity index (χ3n) is 4.62. The number of hydrogen-bond acceptors (Lipinski definition) is 5. The molecular weight excluding hydrogens is 332 g/mol. The van der Waals surface area contributed by atoms with Gasteiger partial charge in [0.05, 0.1) is 6.10 Å². The molecule has 0 bridgehead atoms. The summed E-state index contributed by atoms with van der Waals surface area (Å²) in [4.78, 5) is 11.2. The van der Waals surface area contributed by atoms with Gasteiger partial charge in [-0.15, -0.1) is 0 Å². The quantitative estimate of drug-likeness (QED) is 0.156. The van der Waals surface area contributed by atoms with E-state index in [1.807, 2.05) is 0 Å². The summed E-state index contributed by atoms with van der Waals surface area (Å²) in [5.41, 5.74) is 0. The predicted molar refractivity (Wildman–Crippen MR) is 105 cm³/mol. The van der Waals surface area contributed by atoms with E-state index in [9.17, 15) is 4.79 Å². The van der Waals surface area contributed by atoms with E-state index < -0.39 is 6.10 Å². The highest BCUT2D eigenvalue weighted by Gasteiger charge is 2.22. The van der Waals surface area contributed by atoms with Gasteiger partial charge in [0.1, 0.15) is 19.7 Å². The van der Waals surface area contributed by atoms with E-state index in [4.69, 9.17) is 18.9 Å². The number of aldehydes is 1. The van der Waals surface area contributed by atoms with Gasteiger partial charge in [-0.3, -0.25) is 0 Å². The van der Waals surface area contributed by atoms with E-state index in [1.54, 1.807) is 7.11 Å². The second kappa shape index (κ2) is 20.8. The minimum absolute atomic E-state index is 0.0920. The van der Waals surface area contributed by atoms with Gasteiger partial charge in [0.15, 0.2) is 6.29 Å². The molecule has 0 fully saturated rings. The lowest BCUT2D eigenvalue weighted by atomic mass is 10.0. The molecule has 0 aromatic carbocycles. The van der Waals surface area contributed by atoms with Gasteiger partial charge in [-0.1, -0.05) is 84.0 Å². The smallest absolute Gasteiger partial charge is 0.151 e. The Balaban J connectivity index is 3.69. The van der Waals surface area contributed by atoms with Crippen molar-refractivity contribution in [2.45, 2.75) is 103 Å². The van der Waals surface area contributed by atoms with Crippen LogP contribution in [0.3, 0.4) is 0 Å². The fourth-order valence-electron chi connectivity index (χ4n) is 3.07. The van der Waals surface area contributed by atoms with Crippen molar-refractivity contribution >= 4 is 6.29 Å². The summed E-state index contributed by atoms with van der Waals surface area (Å²) in [6, 6.07) is 0. The maximum absolute atomic E-state index is 11.2. The van der Waals surface area contributed by atoms with Crippen LogP contribution >= 0.6 is 0 Å². The Kier molecular flexibility index (Phi) is 20.4. The van der Waals surface area contributed by atoms with E-state index in [2.05, 4.69) is 6.92 Å². The van der Waals surface area contributed by atoms with Crippen LogP contribution in [0, 0.1) is 0 Å². The van der Waals surface area contributed by atoms with Crippen molar-refractivity contribution < 1.29 is 23.7 Å². The molecular formula is C21H42O5. The Labute approximate surface area is 161 Å². The fourth-order valence-corrected chi connectivity index (χ4v) is 3.07. The Hall–Kier alpha value is -0.490. The van der Waals surface area contributed by atoms with Crippen molar-refractivity contribution in [2.24, 2.45) is 0 Å². The summed E-state index contributed by atoms with van der Waals surface area (Å²) in [5.74, 6) is 0. The first-order valence-electron chi connectivity index (χ1n) is 10.5. The summed E-state index contributed by atoms with van der Waals surface area (Å²) in [7, 11) is 3.12. The highest BCUT2D eigenvalue weighted by atomic mass is 16.7. The van der Waals surface area contributed by atoms with Gasteiger partial charge >= 0.3 is 0 Å². The molecule has 0 aliphatic rings. The standard InChI is InChI=1S/C21H42O5/c1-4-5-6-7-8-9-10-11-12-13-14-15-16-20(25-18-23-2)21(17-22)26-19-24-3/h17,20-21H,4-16,18-19H2,1-3H3/t20-,21-/m0/s1. The largest absolute Gasteiger partial charge is 0.359 e. The van der Waals surface area contributed by atoms with Crippen LogP contribution in [0.4, 0.5) is 0 Å². The van der Waals surface area contributed by atoms with Crippen molar-refractivity contribution in [1.29, 1.82) is 0 Å². The van der Waals surface area contributed by atoms with Gasteiger partial charge in [-0.25, -0.2) is 0 Å². The average Bonchev–Trinajstić information content (AvgIpc) is 2.66. The van der Waals surface area contributed by atoms with Gasteiger partial charge in [0, 0.05) is 14.2 Å². The van der Waals surface area contributed by atoms with Crippen LogP contribution in [0.15, 0.2) is 0 Å². The van der Waals surface area contributed by atoms with E-state index in [1.165, 1.54) is 77.7 Å². The van der Waals surface area contributed by atoms with Gasteiger partial charge in [0.25, 0.3) is 0 Å². The van der Waals surface area contributed by atoms with Gasteiger partial charge in [0.2, 0.25) is 0 Å². The van der Waals surface area contributed by atoms with E-state index in [-0.39, 0.29) is 19.7 Å². The molecule has 5 nitrogen and oxygen atoms in total. The molecule has 0 aromatic rings. The van der Waals surface area contributed by atoms with Crippen LogP contribution in [0.2, 0.25) is 0 Å². The lowest BCUT2D eigenvalue weighted by Crippen LogP contribution is -2.34. The number of unbranched alkanes of at least 4 members (excludes halogenated alkanes) is 11. The highest BCUT2D eigenvalue weighted by Crippen LogP contribution is 2.16. The molecule has 0 saturated heterocycles. The maximum Gasteiger partial charge on any atom is 0.151 e. The Morgan fingerprint density at radius 1 is 0.692 bits per heavy atom. The molecule has 156 valence electrons. The summed E-state index contributed by atoms with van der Waals surface area (Å²) in [6.07, 6.45) is 16.5. The van der Waals surface area contributed by atoms with E-state index in [0.29, 0.717) is 0 Å². The molecule has 26 heavy (non-hydrogen) atoms.